The average molecular weight is 439 g/mol. The van der Waals surface area contributed by atoms with E-state index in [9.17, 15) is 31.1 Å². The minimum absolute atomic E-state index is 0.00494. The van der Waals surface area contributed by atoms with E-state index in [1.165, 1.54) is 33.1 Å². The zero-order valence-electron chi connectivity index (χ0n) is 16.2. The molecule has 166 valence electrons. The molecule has 0 aliphatic carbocycles. The Balaban J connectivity index is 2.66. The number of esters is 1. The van der Waals surface area contributed by atoms with E-state index in [4.69, 9.17) is 4.74 Å². The minimum Gasteiger partial charge on any atom is -0.496 e. The molecular formula is C18H19F6N3O3. The Kier molecular flexibility index (Phi) is 6.88. The van der Waals surface area contributed by atoms with E-state index in [0.717, 1.165) is 10.7 Å². The van der Waals surface area contributed by atoms with E-state index in [0.29, 0.717) is 0 Å². The van der Waals surface area contributed by atoms with Crippen LogP contribution in [-0.4, -0.2) is 42.2 Å². The zero-order chi connectivity index (χ0) is 22.7. The van der Waals surface area contributed by atoms with Gasteiger partial charge in [0.25, 0.3) is 0 Å². The van der Waals surface area contributed by atoms with E-state index in [1.54, 1.807) is 0 Å². The molecule has 1 N–H and O–H groups in total. The molecule has 0 unspecified atom stereocenters. The topological polar surface area (TPSA) is 65.4 Å². The van der Waals surface area contributed by atoms with Crippen molar-refractivity contribution in [3.63, 3.8) is 0 Å². The van der Waals surface area contributed by atoms with E-state index in [1.807, 2.05) is 0 Å². The van der Waals surface area contributed by atoms with Crippen molar-refractivity contribution in [1.29, 1.82) is 0 Å². The lowest BCUT2D eigenvalue weighted by atomic mass is 10.0. The number of benzene rings is 1. The van der Waals surface area contributed by atoms with Crippen molar-refractivity contribution < 1.29 is 40.6 Å². The quantitative estimate of drug-likeness (QED) is 0.498. The first kappa shape index (κ1) is 23.4. The monoisotopic (exact) mass is 439 g/mol. The van der Waals surface area contributed by atoms with Gasteiger partial charge in [-0.2, -0.15) is 31.4 Å². The van der Waals surface area contributed by atoms with E-state index in [2.05, 4.69) is 15.2 Å². The number of nitrogens with one attached hydrogen (secondary N) is 1. The van der Waals surface area contributed by atoms with Gasteiger partial charge in [0.2, 0.25) is 0 Å². The predicted molar refractivity (Wildman–Crippen MR) is 95.4 cm³/mol. The zero-order valence-corrected chi connectivity index (χ0v) is 16.2. The standard InChI is InChI=1S/C18H19F6N3O3/c1-4-27-15(13(18(22,23)24)14(26-27)16(28)30-5-2)11-7-6-10(8-12(11)29-3)25-9-17(19,20)21/h6-8,25H,4-5,9H2,1-3H3. The number of alkyl halides is 6. The first-order chi connectivity index (χ1) is 13.9. The Labute approximate surface area is 167 Å². The summed E-state index contributed by atoms with van der Waals surface area (Å²) in [6, 6.07) is 3.49. The lowest BCUT2D eigenvalue weighted by molar-refractivity contribution is -0.137. The number of anilines is 1. The Morgan fingerprint density at radius 1 is 1.17 bits per heavy atom. The van der Waals surface area contributed by atoms with Gasteiger partial charge < -0.3 is 14.8 Å². The van der Waals surface area contributed by atoms with Crippen LogP contribution in [0.4, 0.5) is 32.0 Å². The molecule has 1 aromatic carbocycles. The van der Waals surface area contributed by atoms with Gasteiger partial charge in [0, 0.05) is 23.9 Å². The van der Waals surface area contributed by atoms with Gasteiger partial charge in [-0.25, -0.2) is 4.79 Å². The van der Waals surface area contributed by atoms with Crippen molar-refractivity contribution in [3.05, 3.63) is 29.5 Å². The molecule has 30 heavy (non-hydrogen) atoms. The van der Waals surface area contributed by atoms with Gasteiger partial charge in [0.05, 0.1) is 19.4 Å². The van der Waals surface area contributed by atoms with Crippen molar-refractivity contribution >= 4 is 11.7 Å². The van der Waals surface area contributed by atoms with Crippen LogP contribution in [0.2, 0.25) is 0 Å². The Morgan fingerprint density at radius 2 is 1.83 bits per heavy atom. The fraction of sp³-hybridized carbons (Fsp3) is 0.444. The van der Waals surface area contributed by atoms with E-state index >= 15 is 0 Å². The Hall–Kier alpha value is -2.92. The number of carbonyl (C=O) groups is 1. The third-order valence-corrected chi connectivity index (χ3v) is 3.95. The maximum atomic E-state index is 13.9. The lowest BCUT2D eigenvalue weighted by Gasteiger charge is -2.16. The molecule has 1 aromatic heterocycles. The maximum Gasteiger partial charge on any atom is 0.420 e. The highest BCUT2D eigenvalue weighted by Crippen LogP contribution is 2.43. The second-order valence-electron chi connectivity index (χ2n) is 5.99. The number of nitrogens with zero attached hydrogens (tertiary/aromatic N) is 2. The van der Waals surface area contributed by atoms with Crippen molar-refractivity contribution in [3.8, 4) is 17.0 Å². The van der Waals surface area contributed by atoms with Gasteiger partial charge in [-0.3, -0.25) is 4.68 Å². The van der Waals surface area contributed by atoms with Crippen LogP contribution in [0.15, 0.2) is 18.2 Å². The van der Waals surface area contributed by atoms with Crippen LogP contribution in [0.3, 0.4) is 0 Å². The highest BCUT2D eigenvalue weighted by Gasteiger charge is 2.43. The number of carbonyl (C=O) groups excluding carboxylic acids is 1. The molecule has 0 radical (unpaired) electrons. The Bertz CT molecular complexity index is 906. The summed E-state index contributed by atoms with van der Waals surface area (Å²) in [5, 5.41) is 5.89. The second kappa shape index (κ2) is 8.84. The first-order valence-corrected chi connectivity index (χ1v) is 8.77. The number of ether oxygens (including phenoxy) is 2. The summed E-state index contributed by atoms with van der Waals surface area (Å²) >= 11 is 0. The van der Waals surface area contributed by atoms with Crippen LogP contribution in [0.5, 0.6) is 5.75 Å². The molecule has 0 saturated heterocycles. The van der Waals surface area contributed by atoms with Gasteiger partial charge in [-0.1, -0.05) is 0 Å². The van der Waals surface area contributed by atoms with Gasteiger partial charge >= 0.3 is 18.3 Å². The predicted octanol–water partition coefficient (Wildman–Crippen LogP) is 4.75. The van der Waals surface area contributed by atoms with Crippen LogP contribution >= 0.6 is 0 Å². The molecule has 0 aliphatic rings. The van der Waals surface area contributed by atoms with Crippen LogP contribution < -0.4 is 10.1 Å². The van der Waals surface area contributed by atoms with Gasteiger partial charge in [0.15, 0.2) is 5.69 Å². The molecule has 0 amide bonds. The van der Waals surface area contributed by atoms with Crippen LogP contribution in [0.1, 0.15) is 29.9 Å². The van der Waals surface area contributed by atoms with E-state index < -0.39 is 41.8 Å². The van der Waals surface area contributed by atoms with Gasteiger partial charge in [-0.15, -0.1) is 0 Å². The highest BCUT2D eigenvalue weighted by molar-refractivity contribution is 5.92. The largest absolute Gasteiger partial charge is 0.496 e. The van der Waals surface area contributed by atoms with Crippen LogP contribution in [-0.2, 0) is 17.5 Å². The van der Waals surface area contributed by atoms with Crippen molar-refractivity contribution in [2.75, 3.05) is 25.6 Å². The average Bonchev–Trinajstić information content (AvgIpc) is 3.05. The van der Waals surface area contributed by atoms with Crippen LogP contribution in [0.25, 0.3) is 11.3 Å². The highest BCUT2D eigenvalue weighted by atomic mass is 19.4. The molecule has 0 spiro atoms. The summed E-state index contributed by atoms with van der Waals surface area (Å²) in [7, 11) is 1.17. The van der Waals surface area contributed by atoms with Gasteiger partial charge in [-0.05, 0) is 26.0 Å². The fourth-order valence-corrected chi connectivity index (χ4v) is 2.77. The number of halogens is 6. The first-order valence-electron chi connectivity index (χ1n) is 8.77. The lowest BCUT2D eigenvalue weighted by Crippen LogP contribution is -2.21. The number of rotatable bonds is 7. The maximum absolute atomic E-state index is 13.9. The number of hydrogen-bond acceptors (Lipinski definition) is 5. The van der Waals surface area contributed by atoms with Crippen molar-refractivity contribution in [2.45, 2.75) is 32.7 Å². The molecule has 6 nitrogen and oxygen atoms in total. The number of methoxy groups -OCH3 is 1. The summed E-state index contributed by atoms with van der Waals surface area (Å²) in [5.41, 5.74) is -2.76. The summed E-state index contributed by atoms with van der Waals surface area (Å²) in [6.45, 7) is 1.47. The SMILES string of the molecule is CCOC(=O)c1nn(CC)c(-c2ccc(NCC(F)(F)F)cc2OC)c1C(F)(F)F. The minimum atomic E-state index is -4.96. The molecule has 0 bridgehead atoms. The molecule has 0 atom stereocenters. The molecule has 0 aliphatic heterocycles. The summed E-state index contributed by atoms with van der Waals surface area (Å²) in [6.07, 6.45) is -9.44. The third-order valence-electron chi connectivity index (χ3n) is 3.95. The molecule has 0 saturated carbocycles. The van der Waals surface area contributed by atoms with E-state index in [-0.39, 0.29) is 30.2 Å². The molecule has 1 heterocycles. The molecule has 2 rings (SSSR count). The summed E-state index contributed by atoms with van der Waals surface area (Å²) in [4.78, 5) is 12.1. The fourth-order valence-electron chi connectivity index (χ4n) is 2.77. The van der Waals surface area contributed by atoms with Crippen LogP contribution in [0, 0.1) is 0 Å². The second-order valence-corrected chi connectivity index (χ2v) is 5.99. The summed E-state index contributed by atoms with van der Waals surface area (Å²) in [5.74, 6) is -1.36. The smallest absolute Gasteiger partial charge is 0.420 e. The summed E-state index contributed by atoms with van der Waals surface area (Å²) < 4.78 is 89.6. The number of hydrogen-bond donors (Lipinski definition) is 1. The third kappa shape index (κ3) is 5.16. The molecule has 0 fully saturated rings. The van der Waals surface area contributed by atoms with Crippen molar-refractivity contribution in [2.24, 2.45) is 0 Å². The normalized spacial score (nSPS) is 12.0. The van der Waals surface area contributed by atoms with Gasteiger partial charge in [0.1, 0.15) is 17.9 Å². The van der Waals surface area contributed by atoms with Crippen molar-refractivity contribution in [1.82, 2.24) is 9.78 Å². The Morgan fingerprint density at radius 3 is 2.33 bits per heavy atom. The molecular weight excluding hydrogens is 420 g/mol. The number of aryl methyl sites for hydroxylation is 1. The number of aromatic nitrogens is 2. The molecule has 12 heteroatoms. The molecule has 2 aromatic rings.